The molecule has 0 bridgehead atoms. The van der Waals surface area contributed by atoms with Crippen LogP contribution in [0.1, 0.15) is 30.9 Å². The number of hydrogen-bond acceptors (Lipinski definition) is 6. The summed E-state index contributed by atoms with van der Waals surface area (Å²) >= 11 is 5.99. The van der Waals surface area contributed by atoms with Gasteiger partial charge >= 0.3 is 11.4 Å². The molecule has 39 heavy (non-hydrogen) atoms. The Morgan fingerprint density at radius 2 is 1.87 bits per heavy atom. The molecule has 1 saturated heterocycles. The molecule has 2 fully saturated rings. The number of halogens is 2. The van der Waals surface area contributed by atoms with Gasteiger partial charge in [0.05, 0.1) is 41.7 Å². The summed E-state index contributed by atoms with van der Waals surface area (Å²) < 4.78 is 22.9. The number of methoxy groups -OCH3 is 1. The zero-order valence-corrected chi connectivity index (χ0v) is 22.0. The molecule has 2 aromatic carbocycles. The molecule has 1 aromatic heterocycles. The van der Waals surface area contributed by atoms with Crippen LogP contribution in [0.2, 0.25) is 5.02 Å². The molecule has 3 aliphatic rings. The number of phenolic OH excluding ortho intramolecular Hbond substituents is 1. The van der Waals surface area contributed by atoms with Crippen molar-refractivity contribution < 1.29 is 23.8 Å². The third-order valence-corrected chi connectivity index (χ3v) is 8.74. The standard InChI is InChI=1S/C27H24ClFN4O6/c1-27-16(23(35)32(24(27)36)13-7-8-18(29)17(28)11-13)12-19-14(9-10-31-25(37)30(2)26(38)33(19)31)21(27)15-5-4-6-20(39-3)22(15)34/h4-9,11,16,19,21,34H,10,12H2,1-3H3/t16-,19+,21+,27+/m0/s1. The second kappa shape index (κ2) is 8.44. The number of imide groups is 1. The number of rotatable bonds is 3. The van der Waals surface area contributed by atoms with E-state index in [4.69, 9.17) is 16.3 Å². The molecule has 2 aliphatic heterocycles. The Balaban J connectivity index is 1.60. The summed E-state index contributed by atoms with van der Waals surface area (Å²) in [5.74, 6) is -3.60. The number of aromatic nitrogens is 3. The molecule has 10 nitrogen and oxygen atoms in total. The van der Waals surface area contributed by atoms with Crippen LogP contribution in [0.15, 0.2) is 57.6 Å². The number of carbonyl (C=O) groups excluding carboxylic acids is 2. The molecule has 3 aromatic rings. The van der Waals surface area contributed by atoms with Crippen LogP contribution in [-0.4, -0.2) is 38.0 Å². The van der Waals surface area contributed by atoms with Crippen molar-refractivity contribution in [3.63, 3.8) is 0 Å². The number of nitrogens with zero attached hydrogens (tertiary/aromatic N) is 4. The number of aromatic hydroxyl groups is 1. The lowest BCUT2D eigenvalue weighted by Crippen LogP contribution is -2.49. The smallest absolute Gasteiger partial charge is 0.347 e. The highest BCUT2D eigenvalue weighted by Gasteiger charge is 2.65. The van der Waals surface area contributed by atoms with E-state index in [1.54, 1.807) is 31.2 Å². The predicted octanol–water partition coefficient (Wildman–Crippen LogP) is 2.72. The lowest BCUT2D eigenvalue weighted by molar-refractivity contribution is -0.129. The van der Waals surface area contributed by atoms with Gasteiger partial charge in [0, 0.05) is 18.5 Å². The van der Waals surface area contributed by atoms with Crippen LogP contribution < -0.4 is 21.0 Å². The summed E-state index contributed by atoms with van der Waals surface area (Å²) in [7, 11) is 2.78. The molecule has 1 aliphatic carbocycles. The molecule has 0 spiro atoms. The third-order valence-electron chi connectivity index (χ3n) is 8.45. The molecule has 0 unspecified atom stereocenters. The maximum Gasteiger partial charge on any atom is 0.347 e. The monoisotopic (exact) mass is 554 g/mol. The highest BCUT2D eigenvalue weighted by atomic mass is 35.5. The van der Waals surface area contributed by atoms with Crippen molar-refractivity contribution >= 4 is 29.1 Å². The number of allylic oxidation sites excluding steroid dienone is 2. The first-order chi connectivity index (χ1) is 18.5. The first-order valence-electron chi connectivity index (χ1n) is 12.3. The summed E-state index contributed by atoms with van der Waals surface area (Å²) in [6, 6.07) is 7.77. The molecule has 4 atom stereocenters. The number of carbonyl (C=O) groups is 2. The van der Waals surface area contributed by atoms with E-state index in [2.05, 4.69) is 0 Å². The van der Waals surface area contributed by atoms with Crippen molar-refractivity contribution in [1.82, 2.24) is 13.9 Å². The first kappa shape index (κ1) is 25.2. The summed E-state index contributed by atoms with van der Waals surface area (Å²) in [6.07, 6.45) is 1.84. The maximum atomic E-state index is 14.3. The Kier molecular flexibility index (Phi) is 5.45. The second-order valence-corrected chi connectivity index (χ2v) is 10.7. The molecule has 3 heterocycles. The van der Waals surface area contributed by atoms with Crippen molar-refractivity contribution in [2.75, 3.05) is 12.0 Å². The Morgan fingerprint density at radius 3 is 2.56 bits per heavy atom. The van der Waals surface area contributed by atoms with Gasteiger partial charge in [-0.1, -0.05) is 29.8 Å². The van der Waals surface area contributed by atoms with Crippen LogP contribution in [0, 0.1) is 17.2 Å². The molecule has 202 valence electrons. The Morgan fingerprint density at radius 1 is 1.13 bits per heavy atom. The Labute approximate surface area is 226 Å². The molecule has 1 saturated carbocycles. The molecule has 6 rings (SSSR count). The third kappa shape index (κ3) is 3.19. The zero-order valence-electron chi connectivity index (χ0n) is 21.2. The van der Waals surface area contributed by atoms with E-state index in [0.717, 1.165) is 15.5 Å². The van der Waals surface area contributed by atoms with E-state index in [-0.39, 0.29) is 35.2 Å². The van der Waals surface area contributed by atoms with Crippen molar-refractivity contribution in [2.24, 2.45) is 18.4 Å². The number of amides is 2. The van der Waals surface area contributed by atoms with Gasteiger partial charge in [0.1, 0.15) is 5.82 Å². The lowest BCUT2D eigenvalue weighted by Gasteiger charge is -2.47. The minimum atomic E-state index is -1.40. The molecule has 12 heteroatoms. The van der Waals surface area contributed by atoms with E-state index in [0.29, 0.717) is 11.1 Å². The van der Waals surface area contributed by atoms with Crippen LogP contribution in [0.3, 0.4) is 0 Å². The van der Waals surface area contributed by atoms with Crippen LogP contribution in [0.25, 0.3) is 0 Å². The van der Waals surface area contributed by atoms with E-state index < -0.39 is 52.3 Å². The van der Waals surface area contributed by atoms with Gasteiger partial charge in [0.15, 0.2) is 11.5 Å². The highest BCUT2D eigenvalue weighted by Crippen LogP contribution is 2.62. The van der Waals surface area contributed by atoms with Crippen LogP contribution >= 0.6 is 11.6 Å². The molecule has 0 radical (unpaired) electrons. The fourth-order valence-corrected chi connectivity index (χ4v) is 6.71. The number of anilines is 1. The largest absolute Gasteiger partial charge is 0.504 e. The van der Waals surface area contributed by atoms with Gasteiger partial charge < -0.3 is 9.84 Å². The number of ether oxygens (including phenoxy) is 1. The Bertz CT molecular complexity index is 1740. The van der Waals surface area contributed by atoms with Crippen molar-refractivity contribution in [2.45, 2.75) is 31.8 Å². The van der Waals surface area contributed by atoms with Crippen molar-refractivity contribution in [3.8, 4) is 11.5 Å². The summed E-state index contributed by atoms with van der Waals surface area (Å²) in [5, 5.41) is 11.0. The minimum absolute atomic E-state index is 0.0585. The number of hydrogen-bond donors (Lipinski definition) is 1. The fraction of sp³-hybridized carbons (Fsp3) is 0.333. The number of phenols is 1. The van der Waals surface area contributed by atoms with Gasteiger partial charge in [-0.3, -0.25) is 9.59 Å². The average Bonchev–Trinajstić information content (AvgIpc) is 3.26. The van der Waals surface area contributed by atoms with Gasteiger partial charge in [-0.2, -0.15) is 0 Å². The fourth-order valence-electron chi connectivity index (χ4n) is 6.54. The van der Waals surface area contributed by atoms with E-state index in [1.807, 2.05) is 0 Å². The topological polar surface area (TPSA) is 116 Å². The minimum Gasteiger partial charge on any atom is -0.504 e. The quantitative estimate of drug-likeness (QED) is 0.393. The summed E-state index contributed by atoms with van der Waals surface area (Å²) in [4.78, 5) is 55.2. The number of para-hydroxylation sites is 1. The number of benzene rings is 2. The predicted molar refractivity (Wildman–Crippen MR) is 139 cm³/mol. The highest BCUT2D eigenvalue weighted by molar-refractivity contribution is 6.31. The zero-order chi connectivity index (χ0) is 28.0. The van der Waals surface area contributed by atoms with E-state index in [1.165, 1.54) is 35.7 Å². The van der Waals surface area contributed by atoms with Gasteiger partial charge in [-0.25, -0.2) is 32.8 Å². The SMILES string of the molecule is COc1cccc([C@H]2C3=CCn4c(=O)n(C)c(=O)n4[C@@H]3C[C@H]3C(=O)N(c4ccc(F)c(Cl)c4)C(=O)[C@@]23C)c1O. The molecule has 2 amide bonds. The summed E-state index contributed by atoms with van der Waals surface area (Å²) in [6.45, 7) is 1.74. The van der Waals surface area contributed by atoms with Crippen LogP contribution in [-0.2, 0) is 23.2 Å². The molecular weight excluding hydrogens is 531 g/mol. The molecule has 1 N–H and O–H groups in total. The molecular formula is C27H24ClFN4O6. The maximum absolute atomic E-state index is 14.3. The van der Waals surface area contributed by atoms with Gasteiger partial charge in [-0.15, -0.1) is 0 Å². The first-order valence-corrected chi connectivity index (χ1v) is 12.7. The lowest BCUT2D eigenvalue weighted by atomic mass is 9.56. The van der Waals surface area contributed by atoms with Crippen molar-refractivity contribution in [3.05, 3.63) is 85.4 Å². The van der Waals surface area contributed by atoms with Crippen molar-refractivity contribution in [1.29, 1.82) is 0 Å². The normalized spacial score (nSPS) is 25.7. The van der Waals surface area contributed by atoms with Gasteiger partial charge in [0.25, 0.3) is 0 Å². The number of fused-ring (bicyclic) bond motifs is 4. The van der Waals surface area contributed by atoms with Gasteiger partial charge in [0.2, 0.25) is 11.8 Å². The Hall–Kier alpha value is -4.12. The van der Waals surface area contributed by atoms with E-state index in [9.17, 15) is 28.7 Å². The van der Waals surface area contributed by atoms with Crippen LogP contribution in [0.5, 0.6) is 11.5 Å². The van der Waals surface area contributed by atoms with Gasteiger partial charge in [-0.05, 0) is 43.2 Å². The average molecular weight is 555 g/mol. The second-order valence-electron chi connectivity index (χ2n) is 10.3. The van der Waals surface area contributed by atoms with Crippen LogP contribution in [0.4, 0.5) is 10.1 Å². The summed E-state index contributed by atoms with van der Waals surface area (Å²) in [5.41, 5.74) is -1.35. The van der Waals surface area contributed by atoms with E-state index >= 15 is 0 Å².